The number of nitriles is 1. The zero-order valence-corrected chi connectivity index (χ0v) is 8.45. The molecule has 0 aliphatic heterocycles. The fraction of sp³-hybridized carbons (Fsp3) is 0. The second-order valence-electron chi connectivity index (χ2n) is 2.76. The molecule has 0 radical (unpaired) electrons. The maximum atomic E-state index is 8.74. The van der Waals surface area contributed by atoms with Crippen molar-refractivity contribution < 1.29 is 0 Å². The molecule has 0 fully saturated rings. The van der Waals surface area contributed by atoms with E-state index < -0.39 is 0 Å². The molecule has 0 spiro atoms. The summed E-state index contributed by atoms with van der Waals surface area (Å²) in [5, 5.41) is 15.8. The van der Waals surface area contributed by atoms with Gasteiger partial charge in [-0.25, -0.2) is 4.98 Å². The van der Waals surface area contributed by atoms with E-state index in [4.69, 9.17) is 11.0 Å². The van der Waals surface area contributed by atoms with Crippen molar-refractivity contribution in [2.75, 3.05) is 5.73 Å². The Hall–Kier alpha value is -2.00. The number of hydrogen-bond acceptors (Lipinski definition) is 5. The number of rotatable bonds is 2. The molecule has 6 heteroatoms. The van der Waals surface area contributed by atoms with E-state index in [2.05, 4.69) is 21.3 Å². The molecule has 2 rings (SSSR count). The largest absolute Gasteiger partial charge is 0.398 e. The molecular weight excluding hydrogens is 210 g/mol. The van der Waals surface area contributed by atoms with Crippen LogP contribution in [0.2, 0.25) is 0 Å². The number of nitrogen functional groups attached to an aromatic ring is 1. The molecule has 0 amide bonds. The van der Waals surface area contributed by atoms with Crippen molar-refractivity contribution in [2.24, 2.45) is 0 Å². The molecule has 0 atom stereocenters. The summed E-state index contributed by atoms with van der Waals surface area (Å²) < 4.78 is 0. The number of nitrogens with one attached hydrogen (secondary N) is 1. The fourth-order valence-electron chi connectivity index (χ4n) is 1.04. The van der Waals surface area contributed by atoms with Crippen LogP contribution in [0.5, 0.6) is 0 Å². The number of nitrogens with two attached hydrogens (primary N) is 1. The molecule has 2 aromatic rings. The SMILES string of the molecule is N#Cc1ccc(N)c(Sc2ncn[nH]2)c1. The molecule has 15 heavy (non-hydrogen) atoms. The molecule has 0 bridgehead atoms. The Morgan fingerprint density at radius 2 is 2.33 bits per heavy atom. The van der Waals surface area contributed by atoms with E-state index in [0.717, 1.165) is 4.90 Å². The predicted molar refractivity (Wildman–Crippen MR) is 56.1 cm³/mol. The standard InChI is InChI=1S/C9H7N5S/c10-4-6-1-2-7(11)8(3-6)15-9-12-5-13-14-9/h1-3,5H,11H2,(H,12,13,14). The van der Waals surface area contributed by atoms with Gasteiger partial charge < -0.3 is 5.73 Å². The van der Waals surface area contributed by atoms with E-state index in [1.165, 1.54) is 18.1 Å². The van der Waals surface area contributed by atoms with Crippen LogP contribution < -0.4 is 5.73 Å². The third-order valence-electron chi connectivity index (χ3n) is 1.74. The van der Waals surface area contributed by atoms with Gasteiger partial charge in [0.15, 0.2) is 5.16 Å². The fourth-order valence-corrected chi connectivity index (χ4v) is 1.82. The average molecular weight is 217 g/mol. The van der Waals surface area contributed by atoms with E-state index in [9.17, 15) is 0 Å². The number of hydrogen-bond donors (Lipinski definition) is 2. The highest BCUT2D eigenvalue weighted by Crippen LogP contribution is 2.29. The van der Waals surface area contributed by atoms with Gasteiger partial charge >= 0.3 is 0 Å². The first kappa shape index (κ1) is 9.55. The number of nitrogens with zero attached hydrogens (tertiary/aromatic N) is 3. The van der Waals surface area contributed by atoms with Gasteiger partial charge in [-0.05, 0) is 30.0 Å². The minimum atomic E-state index is 0.575. The summed E-state index contributed by atoms with van der Waals surface area (Å²) in [6.07, 6.45) is 1.42. The van der Waals surface area contributed by atoms with E-state index in [1.54, 1.807) is 18.2 Å². The normalized spacial score (nSPS) is 9.80. The van der Waals surface area contributed by atoms with Crippen LogP contribution in [0.25, 0.3) is 0 Å². The molecule has 74 valence electrons. The van der Waals surface area contributed by atoms with Crippen LogP contribution in [0.4, 0.5) is 5.69 Å². The van der Waals surface area contributed by atoms with Gasteiger partial charge in [0.2, 0.25) is 0 Å². The van der Waals surface area contributed by atoms with Crippen molar-refractivity contribution in [3.63, 3.8) is 0 Å². The van der Waals surface area contributed by atoms with Crippen molar-refractivity contribution in [1.29, 1.82) is 5.26 Å². The Labute approximate surface area is 90.3 Å². The van der Waals surface area contributed by atoms with Gasteiger partial charge in [-0.3, -0.25) is 5.10 Å². The molecule has 0 aliphatic rings. The predicted octanol–water partition coefficient (Wildman–Crippen LogP) is 1.41. The summed E-state index contributed by atoms with van der Waals surface area (Å²) in [6.45, 7) is 0. The van der Waals surface area contributed by atoms with Crippen molar-refractivity contribution in [2.45, 2.75) is 10.1 Å². The summed E-state index contributed by atoms with van der Waals surface area (Å²) >= 11 is 1.35. The van der Waals surface area contributed by atoms with Crippen LogP contribution in [0.1, 0.15) is 5.56 Å². The lowest BCUT2D eigenvalue weighted by molar-refractivity contribution is 0.973. The second-order valence-corrected chi connectivity index (χ2v) is 3.79. The lowest BCUT2D eigenvalue weighted by Crippen LogP contribution is -1.89. The smallest absolute Gasteiger partial charge is 0.188 e. The van der Waals surface area contributed by atoms with Gasteiger partial charge in [-0.15, -0.1) is 0 Å². The Balaban J connectivity index is 2.32. The van der Waals surface area contributed by atoms with Crippen LogP contribution in [0.3, 0.4) is 0 Å². The van der Waals surface area contributed by atoms with Crippen molar-refractivity contribution in [3.05, 3.63) is 30.1 Å². The van der Waals surface area contributed by atoms with Gasteiger partial charge in [0.1, 0.15) is 6.33 Å². The van der Waals surface area contributed by atoms with E-state index in [1.807, 2.05) is 0 Å². The Morgan fingerprint density at radius 3 is 3.00 bits per heavy atom. The molecule has 0 aliphatic carbocycles. The van der Waals surface area contributed by atoms with E-state index >= 15 is 0 Å². The maximum absolute atomic E-state index is 8.74. The summed E-state index contributed by atoms with van der Waals surface area (Å²) in [7, 11) is 0. The molecule has 0 unspecified atom stereocenters. The Bertz CT molecular complexity index is 500. The van der Waals surface area contributed by atoms with Crippen LogP contribution >= 0.6 is 11.8 Å². The van der Waals surface area contributed by atoms with Gasteiger partial charge in [0.05, 0.1) is 11.6 Å². The first-order valence-electron chi connectivity index (χ1n) is 4.12. The van der Waals surface area contributed by atoms with E-state index in [-0.39, 0.29) is 0 Å². The summed E-state index contributed by atoms with van der Waals surface area (Å²) in [5.74, 6) is 0. The molecule has 0 saturated heterocycles. The maximum Gasteiger partial charge on any atom is 0.188 e. The molecule has 1 aromatic heterocycles. The lowest BCUT2D eigenvalue weighted by atomic mass is 10.2. The van der Waals surface area contributed by atoms with Gasteiger partial charge in [0, 0.05) is 10.6 Å². The number of anilines is 1. The average Bonchev–Trinajstić information content (AvgIpc) is 2.74. The van der Waals surface area contributed by atoms with Crippen molar-refractivity contribution >= 4 is 17.4 Å². The van der Waals surface area contributed by atoms with Crippen LogP contribution in [0.15, 0.2) is 34.6 Å². The van der Waals surface area contributed by atoms with Crippen molar-refractivity contribution in [3.8, 4) is 6.07 Å². The van der Waals surface area contributed by atoms with Gasteiger partial charge in [-0.2, -0.15) is 10.4 Å². The Morgan fingerprint density at radius 1 is 1.47 bits per heavy atom. The Kier molecular flexibility index (Phi) is 2.56. The highest BCUT2D eigenvalue weighted by atomic mass is 32.2. The van der Waals surface area contributed by atoms with Crippen molar-refractivity contribution in [1.82, 2.24) is 15.2 Å². The first-order valence-corrected chi connectivity index (χ1v) is 4.94. The minimum Gasteiger partial charge on any atom is -0.398 e. The van der Waals surface area contributed by atoms with Gasteiger partial charge in [0.25, 0.3) is 0 Å². The molecular formula is C9H7N5S. The number of aromatic nitrogens is 3. The second kappa shape index (κ2) is 4.02. The quantitative estimate of drug-likeness (QED) is 0.742. The van der Waals surface area contributed by atoms with Crippen LogP contribution in [0, 0.1) is 11.3 Å². The van der Waals surface area contributed by atoms with Crippen LogP contribution in [-0.2, 0) is 0 Å². The zero-order chi connectivity index (χ0) is 10.7. The van der Waals surface area contributed by atoms with E-state index in [0.29, 0.717) is 16.4 Å². The number of aromatic amines is 1. The van der Waals surface area contributed by atoms with Gasteiger partial charge in [-0.1, -0.05) is 0 Å². The topological polar surface area (TPSA) is 91.4 Å². The third-order valence-corrected chi connectivity index (χ3v) is 2.71. The summed E-state index contributed by atoms with van der Waals surface area (Å²) in [4.78, 5) is 4.76. The number of H-pyrrole nitrogens is 1. The summed E-state index contributed by atoms with van der Waals surface area (Å²) in [5.41, 5.74) is 6.96. The van der Waals surface area contributed by atoms with Crippen LogP contribution in [-0.4, -0.2) is 15.2 Å². The monoisotopic (exact) mass is 217 g/mol. The number of benzene rings is 1. The molecule has 0 saturated carbocycles. The highest BCUT2D eigenvalue weighted by molar-refractivity contribution is 7.99. The molecule has 5 nitrogen and oxygen atoms in total. The highest BCUT2D eigenvalue weighted by Gasteiger charge is 2.05. The zero-order valence-electron chi connectivity index (χ0n) is 7.64. The molecule has 1 aromatic carbocycles. The lowest BCUT2D eigenvalue weighted by Gasteiger charge is -2.02. The molecule has 1 heterocycles. The first-order chi connectivity index (χ1) is 7.29. The molecule has 3 N–H and O–H groups in total. The summed E-state index contributed by atoms with van der Waals surface area (Å²) in [6, 6.07) is 7.17. The third kappa shape index (κ3) is 2.08. The minimum absolute atomic E-state index is 0.575.